The van der Waals surface area contributed by atoms with Gasteiger partial charge in [0.05, 0.1) is 6.33 Å². The van der Waals surface area contributed by atoms with E-state index in [4.69, 9.17) is 32.2 Å². The first-order chi connectivity index (χ1) is 15.8. The number of carbonyl (C=O) groups is 2. The van der Waals surface area contributed by atoms with Gasteiger partial charge in [0.15, 0.2) is 41.5 Å². The number of hydrogen-bond acceptors (Lipinski definition) is 9. The smallest absolute Gasteiger partial charge is 0.303 e. The summed E-state index contributed by atoms with van der Waals surface area (Å²) < 4.78 is 18.2. The maximum atomic E-state index is 11.8. The maximum Gasteiger partial charge on any atom is 0.303 e. The third kappa shape index (κ3) is 4.33. The first-order valence-electron chi connectivity index (χ1n) is 9.96. The van der Waals surface area contributed by atoms with E-state index in [0.29, 0.717) is 22.0 Å². The molecule has 0 aliphatic carbocycles. The first kappa shape index (κ1) is 22.5. The molecular weight excluding hydrogens is 450 g/mol. The minimum atomic E-state index is -1.01. The summed E-state index contributed by atoms with van der Waals surface area (Å²) in [5.74, 6) is 1.71. The highest BCUT2D eigenvalue weighted by Gasteiger charge is 2.50. The van der Waals surface area contributed by atoms with Crippen LogP contribution in [0.4, 0.5) is 11.5 Å². The molecule has 11 heteroatoms. The first-order valence-corrected chi connectivity index (χ1v) is 10.3. The Balaban J connectivity index is 1.74. The third-order valence-corrected chi connectivity index (χ3v) is 5.52. The van der Waals surface area contributed by atoms with Crippen molar-refractivity contribution in [3.63, 3.8) is 0 Å². The van der Waals surface area contributed by atoms with Gasteiger partial charge in [-0.05, 0) is 24.6 Å². The summed E-state index contributed by atoms with van der Waals surface area (Å²) in [4.78, 5) is 36.4. The fourth-order valence-electron chi connectivity index (χ4n) is 3.64. The molecule has 0 amide bonds. The van der Waals surface area contributed by atoms with Crippen LogP contribution in [0.3, 0.4) is 0 Å². The number of anilines is 2. The zero-order chi connectivity index (χ0) is 23.7. The molecule has 1 N–H and O–H groups in total. The molecule has 1 aliphatic heterocycles. The molecule has 0 radical (unpaired) electrons. The molecule has 33 heavy (non-hydrogen) atoms. The SMILES string of the molecule is C#C[C@H]1O[C@@H](n2cnc3c(Nc4cccc(Cl)c4C)ncnc32)[C@H](OC(C)=O)[C@H]1OC(C)=O. The van der Waals surface area contributed by atoms with Crippen molar-refractivity contribution in [3.8, 4) is 12.3 Å². The highest BCUT2D eigenvalue weighted by Crippen LogP contribution is 2.36. The standard InChI is InChI=1S/C22H20ClN5O5/c1-5-16-18(31-12(3)29)19(32-13(4)30)22(33-16)28-10-26-17-20(24-9-25-21(17)28)27-15-8-6-7-14(23)11(15)2/h1,6-10,16,18-19,22H,2-4H3,(H,24,25,27)/t16-,18+,19-,22-/m1/s1. The Morgan fingerprint density at radius 2 is 1.91 bits per heavy atom. The number of rotatable bonds is 5. The van der Waals surface area contributed by atoms with Crippen LogP contribution in [0.1, 0.15) is 25.6 Å². The molecule has 1 aliphatic rings. The van der Waals surface area contributed by atoms with Crippen molar-refractivity contribution in [1.82, 2.24) is 19.5 Å². The molecule has 10 nitrogen and oxygen atoms in total. The Kier molecular flexibility index (Phi) is 6.18. The van der Waals surface area contributed by atoms with Crippen LogP contribution in [-0.4, -0.2) is 49.8 Å². The quantitative estimate of drug-likeness (QED) is 0.444. The molecule has 1 fully saturated rings. The van der Waals surface area contributed by atoms with Crippen molar-refractivity contribution in [3.05, 3.63) is 41.4 Å². The van der Waals surface area contributed by atoms with Crippen molar-refractivity contribution < 1.29 is 23.8 Å². The number of ether oxygens (including phenoxy) is 3. The van der Waals surface area contributed by atoms with E-state index in [1.54, 1.807) is 10.6 Å². The fraction of sp³-hybridized carbons (Fsp3) is 0.318. The Hall–Kier alpha value is -3.68. The van der Waals surface area contributed by atoms with E-state index in [1.165, 1.54) is 26.5 Å². The average Bonchev–Trinajstić information content (AvgIpc) is 3.33. The Morgan fingerprint density at radius 3 is 2.61 bits per heavy atom. The van der Waals surface area contributed by atoms with Gasteiger partial charge in [-0.15, -0.1) is 6.42 Å². The van der Waals surface area contributed by atoms with Gasteiger partial charge in [-0.1, -0.05) is 23.6 Å². The summed E-state index contributed by atoms with van der Waals surface area (Å²) in [6.07, 6.45) is 4.55. The van der Waals surface area contributed by atoms with Crippen LogP contribution in [0.5, 0.6) is 0 Å². The van der Waals surface area contributed by atoms with Crippen LogP contribution in [0.15, 0.2) is 30.9 Å². The Morgan fingerprint density at radius 1 is 1.18 bits per heavy atom. The number of carbonyl (C=O) groups excluding carboxylic acids is 2. The van der Waals surface area contributed by atoms with Gasteiger partial charge in [0.1, 0.15) is 6.33 Å². The third-order valence-electron chi connectivity index (χ3n) is 5.11. The number of esters is 2. The second-order valence-corrected chi connectivity index (χ2v) is 7.75. The predicted molar refractivity (Wildman–Crippen MR) is 119 cm³/mol. The number of benzene rings is 1. The monoisotopic (exact) mass is 469 g/mol. The lowest BCUT2D eigenvalue weighted by Crippen LogP contribution is -2.38. The molecule has 0 unspecified atom stereocenters. The fourth-order valence-corrected chi connectivity index (χ4v) is 3.81. The van der Waals surface area contributed by atoms with Crippen molar-refractivity contribution in [2.45, 2.75) is 45.3 Å². The summed E-state index contributed by atoms with van der Waals surface area (Å²) in [5, 5.41) is 3.83. The molecule has 170 valence electrons. The molecule has 0 bridgehead atoms. The number of fused-ring (bicyclic) bond motifs is 1. The van der Waals surface area contributed by atoms with Gasteiger partial charge >= 0.3 is 11.9 Å². The van der Waals surface area contributed by atoms with E-state index in [-0.39, 0.29) is 0 Å². The number of aromatic nitrogens is 4. The van der Waals surface area contributed by atoms with Crippen molar-refractivity contribution in [1.29, 1.82) is 0 Å². The van der Waals surface area contributed by atoms with Gasteiger partial charge in [-0.25, -0.2) is 15.0 Å². The molecule has 1 aromatic carbocycles. The highest BCUT2D eigenvalue weighted by molar-refractivity contribution is 6.31. The summed E-state index contributed by atoms with van der Waals surface area (Å²) in [7, 11) is 0. The van der Waals surface area contributed by atoms with Crippen molar-refractivity contribution >= 4 is 46.2 Å². The van der Waals surface area contributed by atoms with Gasteiger partial charge in [0.25, 0.3) is 0 Å². The van der Waals surface area contributed by atoms with Gasteiger partial charge in [-0.3, -0.25) is 14.2 Å². The normalized spacial score (nSPS) is 22.0. The van der Waals surface area contributed by atoms with Crippen LogP contribution < -0.4 is 5.32 Å². The second kappa shape index (κ2) is 9.05. The van der Waals surface area contributed by atoms with E-state index < -0.39 is 36.5 Å². The largest absolute Gasteiger partial charge is 0.455 e. The van der Waals surface area contributed by atoms with E-state index in [2.05, 4.69) is 26.2 Å². The number of hydrogen-bond donors (Lipinski definition) is 1. The topological polar surface area (TPSA) is 117 Å². The number of nitrogens with one attached hydrogen (secondary N) is 1. The minimum absolute atomic E-state index is 0.397. The summed E-state index contributed by atoms with van der Waals surface area (Å²) >= 11 is 6.22. The van der Waals surface area contributed by atoms with Crippen LogP contribution in [0.25, 0.3) is 11.2 Å². The Bertz CT molecular complexity index is 1270. The number of nitrogens with zero attached hydrogens (tertiary/aromatic N) is 4. The maximum absolute atomic E-state index is 11.8. The Labute approximate surface area is 194 Å². The average molecular weight is 470 g/mol. The van der Waals surface area contributed by atoms with Gasteiger partial charge < -0.3 is 19.5 Å². The molecule has 3 heterocycles. The number of terminal acetylenes is 1. The van der Waals surface area contributed by atoms with Crippen LogP contribution in [0.2, 0.25) is 5.02 Å². The number of imidazole rings is 1. The lowest BCUT2D eigenvalue weighted by atomic mass is 10.1. The zero-order valence-electron chi connectivity index (χ0n) is 18.0. The van der Waals surface area contributed by atoms with E-state index in [9.17, 15) is 9.59 Å². The molecule has 4 atom stereocenters. The molecule has 4 rings (SSSR count). The van der Waals surface area contributed by atoms with Crippen LogP contribution in [0, 0.1) is 19.3 Å². The zero-order valence-corrected chi connectivity index (χ0v) is 18.7. The van der Waals surface area contributed by atoms with Crippen molar-refractivity contribution in [2.75, 3.05) is 5.32 Å². The van der Waals surface area contributed by atoms with E-state index >= 15 is 0 Å². The minimum Gasteiger partial charge on any atom is -0.455 e. The lowest BCUT2D eigenvalue weighted by Gasteiger charge is -2.23. The molecule has 0 spiro atoms. The molecular formula is C22H20ClN5O5. The van der Waals surface area contributed by atoms with E-state index in [0.717, 1.165) is 11.3 Å². The lowest BCUT2D eigenvalue weighted by molar-refractivity contribution is -0.165. The predicted octanol–water partition coefficient (Wildman–Crippen LogP) is 2.93. The van der Waals surface area contributed by atoms with Gasteiger partial charge in [0.2, 0.25) is 0 Å². The summed E-state index contributed by atoms with van der Waals surface area (Å²) in [6.45, 7) is 4.36. The molecule has 0 saturated carbocycles. The molecule has 2 aromatic heterocycles. The van der Waals surface area contributed by atoms with Crippen LogP contribution in [-0.2, 0) is 23.8 Å². The van der Waals surface area contributed by atoms with Crippen LogP contribution >= 0.6 is 11.6 Å². The summed E-state index contributed by atoms with van der Waals surface area (Å²) in [5.41, 5.74) is 2.44. The van der Waals surface area contributed by atoms with Gasteiger partial charge in [-0.2, -0.15) is 0 Å². The number of halogens is 1. The summed E-state index contributed by atoms with van der Waals surface area (Å²) in [6, 6.07) is 5.48. The van der Waals surface area contributed by atoms with Crippen molar-refractivity contribution in [2.24, 2.45) is 0 Å². The molecule has 3 aromatic rings. The second-order valence-electron chi connectivity index (χ2n) is 7.35. The van der Waals surface area contributed by atoms with E-state index in [1.807, 2.05) is 19.1 Å². The highest BCUT2D eigenvalue weighted by atomic mass is 35.5. The van der Waals surface area contributed by atoms with Gasteiger partial charge in [0, 0.05) is 24.6 Å². The molecule has 1 saturated heterocycles.